The van der Waals surface area contributed by atoms with Crippen LogP contribution in [0.5, 0.6) is 5.75 Å². The average molecular weight is 353 g/mol. The number of fused-ring (bicyclic) bond motifs is 1. The zero-order valence-electron chi connectivity index (χ0n) is 16.8. The second-order valence-electron chi connectivity index (χ2n) is 8.18. The van der Waals surface area contributed by atoms with Crippen molar-refractivity contribution in [2.24, 2.45) is 5.92 Å². The van der Waals surface area contributed by atoms with E-state index in [9.17, 15) is 0 Å². The molecule has 2 aromatic carbocycles. The highest BCUT2D eigenvalue weighted by Crippen LogP contribution is 2.38. The molecule has 0 radical (unpaired) electrons. The van der Waals surface area contributed by atoms with Gasteiger partial charge in [-0.1, -0.05) is 70.2 Å². The van der Waals surface area contributed by atoms with Gasteiger partial charge in [0.05, 0.1) is 6.61 Å². The van der Waals surface area contributed by atoms with E-state index in [-0.39, 0.29) is 0 Å². The van der Waals surface area contributed by atoms with E-state index in [1.807, 2.05) is 0 Å². The summed E-state index contributed by atoms with van der Waals surface area (Å²) < 4.78 is 5.94. The van der Waals surface area contributed by atoms with Gasteiger partial charge < -0.3 is 4.74 Å². The predicted octanol–water partition coefficient (Wildman–Crippen LogP) is 7.87. The molecule has 1 nitrogen and oxygen atoms in total. The molecule has 26 heavy (non-hydrogen) atoms. The fourth-order valence-electron chi connectivity index (χ4n) is 4.50. The van der Waals surface area contributed by atoms with Crippen LogP contribution in [0, 0.1) is 5.92 Å². The first-order valence-electron chi connectivity index (χ1n) is 11.0. The van der Waals surface area contributed by atoms with E-state index in [0.717, 1.165) is 30.6 Å². The van der Waals surface area contributed by atoms with Crippen LogP contribution in [0.3, 0.4) is 0 Å². The van der Waals surface area contributed by atoms with E-state index >= 15 is 0 Å². The summed E-state index contributed by atoms with van der Waals surface area (Å²) in [5.74, 6) is 2.76. The topological polar surface area (TPSA) is 9.23 Å². The molecule has 0 aliphatic heterocycles. The molecule has 1 aliphatic rings. The van der Waals surface area contributed by atoms with Gasteiger partial charge in [0.2, 0.25) is 0 Å². The van der Waals surface area contributed by atoms with Crippen LogP contribution in [-0.4, -0.2) is 6.61 Å². The molecule has 0 aromatic heterocycles. The van der Waals surface area contributed by atoms with Gasteiger partial charge in [-0.3, -0.25) is 0 Å². The second-order valence-corrected chi connectivity index (χ2v) is 8.18. The third kappa shape index (κ3) is 5.25. The third-order valence-electron chi connectivity index (χ3n) is 6.12. The van der Waals surface area contributed by atoms with Gasteiger partial charge >= 0.3 is 0 Å². The van der Waals surface area contributed by atoms with Crippen molar-refractivity contribution in [2.75, 3.05) is 6.61 Å². The van der Waals surface area contributed by atoms with Crippen LogP contribution in [0.15, 0.2) is 36.4 Å². The van der Waals surface area contributed by atoms with Crippen LogP contribution < -0.4 is 4.74 Å². The minimum absolute atomic E-state index is 0.766. The van der Waals surface area contributed by atoms with Gasteiger partial charge in [-0.2, -0.15) is 0 Å². The summed E-state index contributed by atoms with van der Waals surface area (Å²) in [6.45, 7) is 5.40. The zero-order valence-corrected chi connectivity index (χ0v) is 16.8. The lowest BCUT2D eigenvalue weighted by atomic mass is 9.77. The summed E-state index contributed by atoms with van der Waals surface area (Å²) in [6, 6.07) is 13.7. The van der Waals surface area contributed by atoms with Gasteiger partial charge in [-0.25, -0.2) is 0 Å². The Morgan fingerprint density at radius 2 is 1.58 bits per heavy atom. The van der Waals surface area contributed by atoms with Crippen molar-refractivity contribution in [2.45, 2.75) is 84.0 Å². The van der Waals surface area contributed by atoms with Gasteiger partial charge in [0, 0.05) is 0 Å². The maximum absolute atomic E-state index is 5.94. The first-order chi connectivity index (χ1) is 12.8. The SMILES string of the molecule is CCCCCCOc1ccc2cc(C3CCC(CCC)CC3)ccc2c1. The predicted molar refractivity (Wildman–Crippen MR) is 113 cm³/mol. The van der Waals surface area contributed by atoms with Crippen LogP contribution in [-0.2, 0) is 0 Å². The Kier molecular flexibility index (Phi) is 7.41. The lowest BCUT2D eigenvalue weighted by Crippen LogP contribution is -2.13. The maximum atomic E-state index is 5.94. The zero-order chi connectivity index (χ0) is 18.2. The van der Waals surface area contributed by atoms with Gasteiger partial charge in [0.15, 0.2) is 0 Å². The summed E-state index contributed by atoms with van der Waals surface area (Å²) in [7, 11) is 0. The molecule has 0 unspecified atom stereocenters. The number of hydrogen-bond acceptors (Lipinski definition) is 1. The van der Waals surface area contributed by atoms with Gasteiger partial charge in [-0.15, -0.1) is 0 Å². The Hall–Kier alpha value is -1.50. The summed E-state index contributed by atoms with van der Waals surface area (Å²) >= 11 is 0. The second kappa shape index (κ2) is 10.00. The molecule has 0 atom stereocenters. The highest BCUT2D eigenvalue weighted by Gasteiger charge is 2.21. The molecule has 1 fully saturated rings. The van der Waals surface area contributed by atoms with Crippen molar-refractivity contribution in [3.05, 3.63) is 42.0 Å². The van der Waals surface area contributed by atoms with E-state index in [1.54, 1.807) is 5.56 Å². The molecule has 0 amide bonds. The van der Waals surface area contributed by atoms with Crippen LogP contribution in [0.1, 0.15) is 89.5 Å². The minimum Gasteiger partial charge on any atom is -0.494 e. The Morgan fingerprint density at radius 3 is 2.35 bits per heavy atom. The first kappa shape index (κ1) is 19.3. The largest absolute Gasteiger partial charge is 0.494 e. The monoisotopic (exact) mass is 352 g/mol. The lowest BCUT2D eigenvalue weighted by molar-refractivity contribution is 0.305. The van der Waals surface area contributed by atoms with Crippen LogP contribution >= 0.6 is 0 Å². The molecule has 3 rings (SSSR count). The summed E-state index contributed by atoms with van der Waals surface area (Å²) in [5.41, 5.74) is 1.54. The molecule has 1 saturated carbocycles. The summed E-state index contributed by atoms with van der Waals surface area (Å²) in [5, 5.41) is 2.66. The number of rotatable bonds is 9. The van der Waals surface area contributed by atoms with Gasteiger partial charge in [0.1, 0.15) is 5.75 Å². The van der Waals surface area contributed by atoms with Crippen molar-refractivity contribution in [1.29, 1.82) is 0 Å². The Bertz CT molecular complexity index is 667. The molecule has 0 N–H and O–H groups in total. The number of unbranched alkanes of at least 4 members (excludes halogenated alkanes) is 3. The molecule has 0 saturated heterocycles. The lowest BCUT2D eigenvalue weighted by Gasteiger charge is -2.28. The number of hydrogen-bond donors (Lipinski definition) is 0. The molecular weight excluding hydrogens is 316 g/mol. The van der Waals surface area contributed by atoms with Crippen molar-refractivity contribution in [3.63, 3.8) is 0 Å². The minimum atomic E-state index is 0.766. The maximum Gasteiger partial charge on any atom is 0.119 e. The smallest absolute Gasteiger partial charge is 0.119 e. The Labute approximate surface area is 160 Å². The summed E-state index contributed by atoms with van der Waals surface area (Å²) in [4.78, 5) is 0. The van der Waals surface area contributed by atoms with Gasteiger partial charge in [-0.05, 0) is 72.4 Å². The molecule has 1 heteroatoms. The molecular formula is C25H36O. The molecule has 2 aromatic rings. The van der Waals surface area contributed by atoms with Crippen molar-refractivity contribution in [1.82, 2.24) is 0 Å². The average Bonchev–Trinajstić information content (AvgIpc) is 2.68. The van der Waals surface area contributed by atoms with E-state index in [1.165, 1.54) is 68.6 Å². The van der Waals surface area contributed by atoms with Crippen molar-refractivity contribution >= 4 is 10.8 Å². The summed E-state index contributed by atoms with van der Waals surface area (Å²) in [6.07, 6.45) is 13.4. The fourth-order valence-corrected chi connectivity index (χ4v) is 4.50. The highest BCUT2D eigenvalue weighted by molar-refractivity contribution is 5.84. The van der Waals surface area contributed by atoms with Crippen molar-refractivity contribution in [3.8, 4) is 5.75 Å². The Balaban J connectivity index is 1.58. The van der Waals surface area contributed by atoms with E-state index < -0.39 is 0 Å². The third-order valence-corrected chi connectivity index (χ3v) is 6.12. The first-order valence-corrected chi connectivity index (χ1v) is 11.0. The highest BCUT2D eigenvalue weighted by atomic mass is 16.5. The number of ether oxygens (including phenoxy) is 1. The standard InChI is InChI=1S/C25H36O/c1-3-5-6-7-17-26-25-16-15-23-18-22(13-14-24(23)19-25)21-11-9-20(8-4-2)10-12-21/h13-16,18-21H,3-12,17H2,1-2H3. The quantitative estimate of drug-likeness (QED) is 0.417. The van der Waals surface area contributed by atoms with Crippen LogP contribution in [0.2, 0.25) is 0 Å². The molecule has 1 aliphatic carbocycles. The van der Waals surface area contributed by atoms with Crippen LogP contribution in [0.25, 0.3) is 10.8 Å². The molecule has 0 spiro atoms. The van der Waals surface area contributed by atoms with Crippen LogP contribution in [0.4, 0.5) is 0 Å². The number of benzene rings is 2. The van der Waals surface area contributed by atoms with Crippen molar-refractivity contribution < 1.29 is 4.74 Å². The Morgan fingerprint density at radius 1 is 0.808 bits per heavy atom. The molecule has 0 heterocycles. The molecule has 0 bridgehead atoms. The van der Waals surface area contributed by atoms with E-state index in [4.69, 9.17) is 4.74 Å². The van der Waals surface area contributed by atoms with E-state index in [2.05, 4.69) is 50.2 Å². The van der Waals surface area contributed by atoms with E-state index in [0.29, 0.717) is 0 Å². The van der Waals surface area contributed by atoms with Gasteiger partial charge in [0.25, 0.3) is 0 Å². The normalized spacial score (nSPS) is 20.4. The fraction of sp³-hybridized carbons (Fsp3) is 0.600. The molecule has 142 valence electrons.